The molecular formula is C30H34O17. The predicted octanol–water partition coefficient (Wildman–Crippen LogP) is -1.55. The summed E-state index contributed by atoms with van der Waals surface area (Å²) in [6.45, 7) is -0.277. The number of phenolic OH excluding ortho intramolecular Hbond substituents is 2. The fraction of sp³-hybridized carbons (Fsp3) is 0.467. The van der Waals surface area contributed by atoms with E-state index in [9.17, 15) is 50.4 Å². The molecule has 0 aliphatic carbocycles. The zero-order valence-electron chi connectivity index (χ0n) is 24.9. The van der Waals surface area contributed by atoms with Crippen molar-refractivity contribution < 1.29 is 78.5 Å². The second kappa shape index (κ2) is 14.0. The fourth-order valence-corrected chi connectivity index (χ4v) is 5.21. The molecule has 0 bridgehead atoms. The van der Waals surface area contributed by atoms with E-state index >= 15 is 0 Å². The average molecular weight is 667 g/mol. The zero-order chi connectivity index (χ0) is 34.2. The maximum Gasteiger partial charge on any atom is 0.302 e. The van der Waals surface area contributed by atoms with Crippen molar-refractivity contribution in [3.63, 3.8) is 0 Å². The van der Waals surface area contributed by atoms with Crippen molar-refractivity contribution in [2.45, 2.75) is 68.3 Å². The quantitative estimate of drug-likeness (QED) is 0.0949. The summed E-state index contributed by atoms with van der Waals surface area (Å²) in [5, 5.41) is 84.0. The Labute approximate surface area is 265 Å². The van der Waals surface area contributed by atoms with E-state index in [1.54, 1.807) is 24.3 Å². The number of benzene rings is 2. The molecule has 0 amide bonds. The average Bonchev–Trinajstić information content (AvgIpc) is 3.05. The molecule has 3 heterocycles. The van der Waals surface area contributed by atoms with Gasteiger partial charge in [0.15, 0.2) is 29.2 Å². The first-order valence-electron chi connectivity index (χ1n) is 14.3. The van der Waals surface area contributed by atoms with Crippen LogP contribution in [0.4, 0.5) is 0 Å². The van der Waals surface area contributed by atoms with Gasteiger partial charge in [-0.1, -0.05) is 0 Å². The summed E-state index contributed by atoms with van der Waals surface area (Å²) in [7, 11) is 1.47. The molecule has 17 nitrogen and oxygen atoms in total. The fourth-order valence-electron chi connectivity index (χ4n) is 5.21. The number of methoxy groups -OCH3 is 1. The summed E-state index contributed by atoms with van der Waals surface area (Å²) in [6.07, 6.45) is -17.6. The van der Waals surface area contributed by atoms with Crippen LogP contribution in [-0.4, -0.2) is 129 Å². The monoisotopic (exact) mass is 666 g/mol. The van der Waals surface area contributed by atoms with Gasteiger partial charge in [-0.3, -0.25) is 9.59 Å². The summed E-state index contributed by atoms with van der Waals surface area (Å²) in [5.74, 6) is -2.21. The van der Waals surface area contributed by atoms with Crippen LogP contribution in [0.3, 0.4) is 0 Å². The Balaban J connectivity index is 1.48. The second-order valence-corrected chi connectivity index (χ2v) is 10.9. The maximum absolute atomic E-state index is 13.0. The second-order valence-electron chi connectivity index (χ2n) is 10.9. The number of esters is 1. The number of carbonyl (C=O) groups is 1. The highest BCUT2D eigenvalue weighted by Crippen LogP contribution is 2.42. The van der Waals surface area contributed by atoms with E-state index < -0.39 is 114 Å². The van der Waals surface area contributed by atoms with Crippen LogP contribution in [0.5, 0.6) is 23.0 Å². The summed E-state index contributed by atoms with van der Waals surface area (Å²) in [6, 6.07) is 8.37. The predicted molar refractivity (Wildman–Crippen MR) is 154 cm³/mol. The van der Waals surface area contributed by atoms with Crippen molar-refractivity contribution in [3.05, 3.63) is 46.6 Å². The van der Waals surface area contributed by atoms with Crippen LogP contribution in [0.1, 0.15) is 6.92 Å². The highest BCUT2D eigenvalue weighted by Gasteiger charge is 2.51. The minimum atomic E-state index is -1.94. The Kier molecular flexibility index (Phi) is 10.2. The minimum Gasteiger partial charge on any atom is -0.507 e. The number of aliphatic hydroxyl groups excluding tert-OH is 6. The molecule has 2 saturated heterocycles. The summed E-state index contributed by atoms with van der Waals surface area (Å²) in [5.41, 5.74) is -0.771. The Morgan fingerprint density at radius 3 is 2.17 bits per heavy atom. The van der Waals surface area contributed by atoms with Gasteiger partial charge in [0.25, 0.3) is 0 Å². The van der Waals surface area contributed by atoms with Crippen molar-refractivity contribution in [3.8, 4) is 34.3 Å². The van der Waals surface area contributed by atoms with Gasteiger partial charge in [-0.05, 0) is 24.3 Å². The Bertz CT molecular complexity index is 1620. The van der Waals surface area contributed by atoms with Crippen LogP contribution in [-0.2, 0) is 23.7 Å². The van der Waals surface area contributed by atoms with Crippen molar-refractivity contribution >= 4 is 16.9 Å². The first-order valence-corrected chi connectivity index (χ1v) is 14.3. The van der Waals surface area contributed by atoms with Gasteiger partial charge >= 0.3 is 5.97 Å². The number of hydrogen-bond acceptors (Lipinski definition) is 17. The third kappa shape index (κ3) is 6.84. The van der Waals surface area contributed by atoms with Crippen LogP contribution >= 0.6 is 0 Å². The summed E-state index contributed by atoms with van der Waals surface area (Å²) in [4.78, 5) is 24.2. The van der Waals surface area contributed by atoms with Gasteiger partial charge in [-0.15, -0.1) is 0 Å². The number of aromatic hydroxyl groups is 2. The molecule has 2 fully saturated rings. The number of fused-ring (bicyclic) bond motifs is 1. The van der Waals surface area contributed by atoms with Crippen LogP contribution in [0.2, 0.25) is 0 Å². The van der Waals surface area contributed by atoms with Crippen molar-refractivity contribution in [2.75, 3.05) is 20.3 Å². The van der Waals surface area contributed by atoms with Crippen molar-refractivity contribution in [2.24, 2.45) is 0 Å². The SMILES string of the molecule is COc1ccc(-c2cc(=O)c3c(O)cc(O[C@@H]4O[C@H](CO)[C@@H](O)[C@H](O)[C@H]4O[C@@H]4O[C@H](COC(C)=O)[C@@H](O)[C@@H](O)[C@H]4O)c(O)c3o2)cc1. The van der Waals surface area contributed by atoms with Gasteiger partial charge in [-0.25, -0.2) is 0 Å². The molecule has 0 radical (unpaired) electrons. The lowest BCUT2D eigenvalue weighted by atomic mass is 9.97. The van der Waals surface area contributed by atoms with Crippen molar-refractivity contribution in [1.82, 2.24) is 0 Å². The smallest absolute Gasteiger partial charge is 0.302 e. The third-order valence-electron chi connectivity index (χ3n) is 7.77. The van der Waals surface area contributed by atoms with E-state index in [2.05, 4.69) is 0 Å². The number of phenols is 2. The highest BCUT2D eigenvalue weighted by molar-refractivity contribution is 5.91. The van der Waals surface area contributed by atoms with E-state index in [1.807, 2.05) is 0 Å². The lowest BCUT2D eigenvalue weighted by Crippen LogP contribution is -2.65. The molecule has 0 saturated carbocycles. The number of rotatable bonds is 9. The van der Waals surface area contributed by atoms with E-state index in [4.69, 9.17) is 32.8 Å². The zero-order valence-corrected chi connectivity index (χ0v) is 24.9. The summed E-state index contributed by atoms with van der Waals surface area (Å²) < 4.78 is 38.3. The molecule has 5 rings (SSSR count). The van der Waals surface area contributed by atoms with Gasteiger partial charge in [0.2, 0.25) is 12.0 Å². The molecule has 3 aromatic rings. The van der Waals surface area contributed by atoms with Gasteiger partial charge < -0.3 is 73.7 Å². The van der Waals surface area contributed by atoms with Gasteiger partial charge in [0.05, 0.1) is 13.7 Å². The number of ether oxygens (including phenoxy) is 6. The number of hydrogen-bond donors (Lipinski definition) is 8. The minimum absolute atomic E-state index is 0.0125. The standard InChI is InChI=1S/C30H34O17/c1-11(32)42-10-19-22(36)24(38)26(40)29(46-19)47-28-25(39)21(35)18(9-31)45-30(28)44-17-8-15(34)20-14(33)7-16(43-27(20)23(17)37)12-3-5-13(41-2)6-4-12/h3-8,18-19,21-22,24-26,28-31,34-40H,9-10H2,1-2H3/t18-,19-,21-,22-,24-,25+,26-,28-,29+,30-/m1/s1. The first-order chi connectivity index (χ1) is 22.3. The van der Waals surface area contributed by atoms with Crippen LogP contribution in [0.25, 0.3) is 22.3 Å². The van der Waals surface area contributed by atoms with E-state index in [0.717, 1.165) is 19.1 Å². The normalized spacial score (nSPS) is 31.0. The number of aliphatic hydroxyl groups is 6. The molecule has 256 valence electrons. The summed E-state index contributed by atoms with van der Waals surface area (Å²) >= 11 is 0. The molecule has 17 heteroatoms. The topological polar surface area (TPSA) is 264 Å². The van der Waals surface area contributed by atoms with Crippen LogP contribution < -0.4 is 14.9 Å². The molecule has 0 spiro atoms. The molecule has 1 aromatic heterocycles. The van der Waals surface area contributed by atoms with E-state index in [-0.39, 0.29) is 5.76 Å². The molecule has 0 unspecified atom stereocenters. The van der Waals surface area contributed by atoms with Gasteiger partial charge in [0, 0.05) is 24.6 Å². The van der Waals surface area contributed by atoms with Gasteiger partial charge in [0.1, 0.15) is 72.0 Å². The van der Waals surface area contributed by atoms with Crippen LogP contribution in [0, 0.1) is 0 Å². The van der Waals surface area contributed by atoms with Crippen LogP contribution in [0.15, 0.2) is 45.6 Å². The molecule has 10 atom stereocenters. The van der Waals surface area contributed by atoms with E-state index in [1.165, 1.54) is 7.11 Å². The first kappa shape index (κ1) is 34.3. The molecular weight excluding hydrogens is 632 g/mol. The lowest BCUT2D eigenvalue weighted by Gasteiger charge is -2.45. The Morgan fingerprint density at radius 2 is 1.53 bits per heavy atom. The highest BCUT2D eigenvalue weighted by atomic mass is 16.8. The molecule has 47 heavy (non-hydrogen) atoms. The third-order valence-corrected chi connectivity index (χ3v) is 7.77. The largest absolute Gasteiger partial charge is 0.507 e. The van der Waals surface area contributed by atoms with E-state index in [0.29, 0.717) is 11.3 Å². The molecule has 2 aliphatic rings. The molecule has 8 N–H and O–H groups in total. The molecule has 2 aliphatic heterocycles. The van der Waals surface area contributed by atoms with Crippen molar-refractivity contribution in [1.29, 1.82) is 0 Å². The lowest BCUT2D eigenvalue weighted by molar-refractivity contribution is -0.358. The number of carbonyl (C=O) groups excluding carboxylic acids is 1. The maximum atomic E-state index is 13.0. The van der Waals surface area contributed by atoms with Gasteiger partial charge in [-0.2, -0.15) is 0 Å². The Morgan fingerprint density at radius 1 is 0.872 bits per heavy atom. The Hall–Kier alpha value is -4.04. The molecule has 2 aromatic carbocycles.